The van der Waals surface area contributed by atoms with Crippen molar-refractivity contribution in [1.82, 2.24) is 0 Å². The van der Waals surface area contributed by atoms with Gasteiger partial charge in [0.25, 0.3) is 0 Å². The highest BCUT2D eigenvalue weighted by Crippen LogP contribution is 2.40. The van der Waals surface area contributed by atoms with Gasteiger partial charge in [-0.2, -0.15) is 0 Å². The second kappa shape index (κ2) is 11.9. The highest BCUT2D eigenvalue weighted by atomic mass is 19.2. The van der Waals surface area contributed by atoms with Gasteiger partial charge in [0.1, 0.15) is 5.75 Å². The number of ether oxygens (including phenoxy) is 1. The molecule has 1 aliphatic rings. The summed E-state index contributed by atoms with van der Waals surface area (Å²) in [5.74, 6) is -6.62. The predicted octanol–water partition coefficient (Wildman–Crippen LogP) is 8.66. The minimum absolute atomic E-state index is 0.0432. The molecule has 0 bridgehead atoms. The lowest BCUT2D eigenvalue weighted by Crippen LogP contribution is -2.15. The number of hydrogen-bond acceptors (Lipinski definition) is 2. The van der Waals surface area contributed by atoms with Crippen LogP contribution in [0.15, 0.2) is 48.5 Å². The van der Waals surface area contributed by atoms with Crippen molar-refractivity contribution in [3.63, 3.8) is 0 Å². The zero-order valence-corrected chi connectivity index (χ0v) is 20.6. The number of rotatable bonds is 8. The van der Waals surface area contributed by atoms with Crippen LogP contribution in [-0.2, 0) is 11.2 Å². The van der Waals surface area contributed by atoms with Gasteiger partial charge in [-0.05, 0) is 60.6 Å². The van der Waals surface area contributed by atoms with E-state index < -0.39 is 40.8 Å². The third-order valence-corrected chi connectivity index (χ3v) is 7.17. The maximum atomic E-state index is 15.0. The van der Waals surface area contributed by atoms with E-state index in [9.17, 15) is 18.0 Å². The molecule has 3 aromatic rings. The number of esters is 1. The summed E-state index contributed by atoms with van der Waals surface area (Å²) in [6.07, 6.45) is 6.34. The van der Waals surface area contributed by atoms with Crippen molar-refractivity contribution in [3.8, 4) is 16.9 Å². The van der Waals surface area contributed by atoms with Crippen LogP contribution in [0.5, 0.6) is 5.75 Å². The number of carbonyl (C=O) groups excluding carboxylic acids is 1. The number of benzene rings is 3. The van der Waals surface area contributed by atoms with Gasteiger partial charge in [-0.15, -0.1) is 0 Å². The Balaban J connectivity index is 1.37. The van der Waals surface area contributed by atoms with Crippen LogP contribution in [-0.4, -0.2) is 5.97 Å². The molecular weight excluding hydrogens is 487 g/mol. The van der Waals surface area contributed by atoms with Crippen LogP contribution in [0.1, 0.15) is 68.9 Å². The summed E-state index contributed by atoms with van der Waals surface area (Å²) < 4.78 is 74.5. The van der Waals surface area contributed by atoms with E-state index in [-0.39, 0.29) is 24.3 Å². The molecule has 196 valence electrons. The van der Waals surface area contributed by atoms with Crippen LogP contribution in [0.4, 0.5) is 22.0 Å². The lowest BCUT2D eigenvalue weighted by atomic mass is 9.77. The van der Waals surface area contributed by atoms with E-state index >= 15 is 8.78 Å². The van der Waals surface area contributed by atoms with Crippen LogP contribution in [0.2, 0.25) is 0 Å². The highest BCUT2D eigenvalue weighted by Gasteiger charge is 2.26. The van der Waals surface area contributed by atoms with E-state index in [2.05, 4.69) is 6.92 Å². The van der Waals surface area contributed by atoms with Gasteiger partial charge in [0.05, 0.1) is 0 Å². The van der Waals surface area contributed by atoms with E-state index in [0.29, 0.717) is 29.2 Å². The smallest absolute Gasteiger partial charge is 0.311 e. The van der Waals surface area contributed by atoms with Gasteiger partial charge in [0.15, 0.2) is 29.1 Å². The summed E-state index contributed by atoms with van der Waals surface area (Å²) in [6, 6.07) is 11.2. The van der Waals surface area contributed by atoms with Crippen molar-refractivity contribution < 1.29 is 31.5 Å². The van der Waals surface area contributed by atoms with Crippen LogP contribution in [0.3, 0.4) is 0 Å². The van der Waals surface area contributed by atoms with Gasteiger partial charge in [-0.25, -0.2) is 22.0 Å². The summed E-state index contributed by atoms with van der Waals surface area (Å²) >= 11 is 0. The Kier molecular flexibility index (Phi) is 8.62. The van der Waals surface area contributed by atoms with E-state index in [4.69, 9.17) is 4.74 Å². The van der Waals surface area contributed by atoms with Gasteiger partial charge in [0.2, 0.25) is 0 Å². The van der Waals surface area contributed by atoms with Crippen molar-refractivity contribution >= 4 is 5.97 Å². The molecule has 0 atom stereocenters. The molecule has 0 spiro atoms. The second-order valence-corrected chi connectivity index (χ2v) is 9.71. The molecule has 0 aromatic heterocycles. The predicted molar refractivity (Wildman–Crippen MR) is 132 cm³/mol. The first-order valence-corrected chi connectivity index (χ1v) is 12.7. The molecule has 1 aliphatic carbocycles. The fourth-order valence-electron chi connectivity index (χ4n) is 5.14. The van der Waals surface area contributed by atoms with Gasteiger partial charge in [-0.1, -0.05) is 56.2 Å². The Bertz CT molecular complexity index is 1220. The topological polar surface area (TPSA) is 26.3 Å². The lowest BCUT2D eigenvalue weighted by Gasteiger charge is -2.29. The minimum Gasteiger partial charge on any atom is -0.426 e. The van der Waals surface area contributed by atoms with E-state index in [1.54, 1.807) is 36.4 Å². The van der Waals surface area contributed by atoms with E-state index in [0.717, 1.165) is 37.7 Å². The molecule has 0 amide bonds. The van der Waals surface area contributed by atoms with Crippen LogP contribution in [0.25, 0.3) is 11.1 Å². The summed E-state index contributed by atoms with van der Waals surface area (Å²) in [5, 5.41) is 0. The van der Waals surface area contributed by atoms with Gasteiger partial charge in [0, 0.05) is 24.1 Å². The average molecular weight is 517 g/mol. The molecule has 7 heteroatoms. The molecule has 0 unspecified atom stereocenters. The molecule has 0 heterocycles. The molecule has 2 nitrogen and oxygen atoms in total. The van der Waals surface area contributed by atoms with Gasteiger partial charge in [-0.3, -0.25) is 4.79 Å². The minimum atomic E-state index is -1.64. The number of halogens is 5. The molecule has 0 radical (unpaired) electrons. The molecule has 1 saturated carbocycles. The maximum absolute atomic E-state index is 15.0. The Morgan fingerprint density at radius 3 is 2.11 bits per heavy atom. The monoisotopic (exact) mass is 516 g/mol. The van der Waals surface area contributed by atoms with E-state index in [1.807, 2.05) is 0 Å². The SMILES string of the molecule is CCCC1CCC(c2ccc(-c3ccc(CCC(=O)Oc4cc(F)c(F)c(F)c4)cc3)c(F)c2F)CC1. The molecule has 37 heavy (non-hydrogen) atoms. The molecular formula is C30H29F5O2. The fourth-order valence-corrected chi connectivity index (χ4v) is 5.14. The normalized spacial score (nSPS) is 17.6. The third kappa shape index (κ3) is 6.38. The van der Waals surface area contributed by atoms with Crippen molar-refractivity contribution in [1.29, 1.82) is 0 Å². The Morgan fingerprint density at radius 1 is 0.838 bits per heavy atom. The van der Waals surface area contributed by atoms with Crippen LogP contribution < -0.4 is 4.74 Å². The number of hydrogen-bond donors (Lipinski definition) is 0. The molecule has 0 saturated heterocycles. The summed E-state index contributed by atoms with van der Waals surface area (Å²) in [6.45, 7) is 2.17. The number of aryl methyl sites for hydroxylation is 1. The number of carbonyl (C=O) groups is 1. The molecule has 4 rings (SSSR count). The standard InChI is InChI=1S/C30H29F5O2/c1-2-3-18-4-9-20(10-5-18)23-13-14-24(29(34)28(23)33)21-11-6-19(7-12-21)8-15-27(36)37-22-16-25(31)30(35)26(32)17-22/h6-7,11-14,16-18,20H,2-5,8-10,15H2,1H3. The van der Waals surface area contributed by atoms with Crippen molar-refractivity contribution in [2.24, 2.45) is 5.92 Å². The van der Waals surface area contributed by atoms with Crippen molar-refractivity contribution in [2.45, 2.75) is 64.2 Å². The molecule has 3 aromatic carbocycles. The van der Waals surface area contributed by atoms with Crippen LogP contribution >= 0.6 is 0 Å². The summed E-state index contributed by atoms with van der Waals surface area (Å²) in [5.41, 5.74) is 1.87. The second-order valence-electron chi connectivity index (χ2n) is 9.71. The summed E-state index contributed by atoms with van der Waals surface area (Å²) in [4.78, 5) is 12.0. The zero-order valence-electron chi connectivity index (χ0n) is 20.6. The molecule has 0 aliphatic heterocycles. The molecule has 0 N–H and O–H groups in total. The average Bonchev–Trinajstić information content (AvgIpc) is 2.89. The Labute approximate surface area is 213 Å². The zero-order chi connectivity index (χ0) is 26.5. The largest absolute Gasteiger partial charge is 0.426 e. The van der Waals surface area contributed by atoms with Gasteiger partial charge < -0.3 is 4.74 Å². The van der Waals surface area contributed by atoms with Crippen molar-refractivity contribution in [3.05, 3.63) is 88.7 Å². The van der Waals surface area contributed by atoms with Crippen LogP contribution in [0, 0.1) is 35.0 Å². The third-order valence-electron chi connectivity index (χ3n) is 7.17. The summed E-state index contributed by atoms with van der Waals surface area (Å²) in [7, 11) is 0. The Hall–Kier alpha value is -3.22. The quantitative estimate of drug-likeness (QED) is 0.130. The first-order chi connectivity index (χ1) is 17.8. The van der Waals surface area contributed by atoms with Gasteiger partial charge >= 0.3 is 5.97 Å². The Morgan fingerprint density at radius 2 is 1.49 bits per heavy atom. The fraction of sp³-hybridized carbons (Fsp3) is 0.367. The van der Waals surface area contributed by atoms with Crippen molar-refractivity contribution in [2.75, 3.05) is 0 Å². The first-order valence-electron chi connectivity index (χ1n) is 12.7. The maximum Gasteiger partial charge on any atom is 0.311 e. The highest BCUT2D eigenvalue weighted by molar-refractivity contribution is 5.73. The molecule has 1 fully saturated rings. The lowest BCUT2D eigenvalue weighted by molar-refractivity contribution is -0.134. The van der Waals surface area contributed by atoms with E-state index in [1.165, 1.54) is 6.42 Å². The first kappa shape index (κ1) is 26.8.